The molecule has 0 atom stereocenters. The maximum Gasteiger partial charge on any atom is 0.310 e. The molecule has 1 saturated carbocycles. The van der Waals surface area contributed by atoms with Crippen LogP contribution >= 0.6 is 34.2 Å². The Bertz CT molecular complexity index is 541. The first kappa shape index (κ1) is 15.6. The van der Waals surface area contributed by atoms with Crippen LogP contribution in [-0.2, 0) is 9.59 Å². The Morgan fingerprint density at radius 2 is 2.00 bits per heavy atom. The van der Waals surface area contributed by atoms with Crippen molar-refractivity contribution in [1.29, 1.82) is 0 Å². The molecule has 0 bridgehead atoms. The standard InChI is InChI=1S/C14H15ClINO3/c15-9-3-4-11(10(16)7-9)17-12(18)8-14(13(19)20)5-1-2-6-14/h3-4,7H,1-2,5-6,8H2,(H,17,18)(H,19,20). The van der Waals surface area contributed by atoms with E-state index >= 15 is 0 Å². The van der Waals surface area contributed by atoms with Crippen LogP contribution in [0, 0.1) is 8.99 Å². The number of anilines is 1. The fraction of sp³-hybridized carbons (Fsp3) is 0.429. The number of carbonyl (C=O) groups excluding carboxylic acids is 1. The van der Waals surface area contributed by atoms with E-state index in [2.05, 4.69) is 27.9 Å². The van der Waals surface area contributed by atoms with Gasteiger partial charge in [-0.3, -0.25) is 9.59 Å². The Morgan fingerprint density at radius 1 is 1.35 bits per heavy atom. The van der Waals surface area contributed by atoms with Crippen molar-refractivity contribution >= 4 is 51.8 Å². The topological polar surface area (TPSA) is 66.4 Å². The van der Waals surface area contributed by atoms with Crippen LogP contribution in [0.5, 0.6) is 0 Å². The highest BCUT2D eigenvalue weighted by atomic mass is 127. The molecule has 1 aliphatic rings. The molecule has 6 heteroatoms. The van der Waals surface area contributed by atoms with Gasteiger partial charge in [-0.05, 0) is 53.6 Å². The zero-order chi connectivity index (χ0) is 14.8. The molecular formula is C14H15ClINO3. The summed E-state index contributed by atoms with van der Waals surface area (Å²) in [6, 6.07) is 5.17. The second kappa shape index (κ2) is 6.30. The van der Waals surface area contributed by atoms with Gasteiger partial charge in [-0.15, -0.1) is 0 Å². The molecule has 0 spiro atoms. The first-order valence-corrected chi connectivity index (χ1v) is 7.87. The van der Waals surface area contributed by atoms with Crippen LogP contribution in [0.25, 0.3) is 0 Å². The van der Waals surface area contributed by atoms with Gasteiger partial charge < -0.3 is 10.4 Å². The molecule has 0 saturated heterocycles. The van der Waals surface area contributed by atoms with Gasteiger partial charge in [-0.25, -0.2) is 0 Å². The van der Waals surface area contributed by atoms with Crippen molar-refractivity contribution < 1.29 is 14.7 Å². The van der Waals surface area contributed by atoms with Gasteiger partial charge in [0.25, 0.3) is 0 Å². The third-order valence-electron chi connectivity index (χ3n) is 3.72. The summed E-state index contributed by atoms with van der Waals surface area (Å²) in [5.41, 5.74) is -0.222. The Labute approximate surface area is 136 Å². The van der Waals surface area contributed by atoms with Crippen LogP contribution < -0.4 is 5.32 Å². The highest BCUT2D eigenvalue weighted by Gasteiger charge is 2.42. The molecule has 4 nitrogen and oxygen atoms in total. The van der Waals surface area contributed by atoms with Crippen molar-refractivity contribution in [1.82, 2.24) is 0 Å². The molecular weight excluding hydrogens is 393 g/mol. The van der Waals surface area contributed by atoms with E-state index in [1.165, 1.54) is 0 Å². The summed E-state index contributed by atoms with van der Waals surface area (Å²) < 4.78 is 0.833. The highest BCUT2D eigenvalue weighted by molar-refractivity contribution is 14.1. The summed E-state index contributed by atoms with van der Waals surface area (Å²) >= 11 is 7.94. The lowest BCUT2D eigenvalue weighted by Gasteiger charge is -2.23. The third-order valence-corrected chi connectivity index (χ3v) is 4.85. The normalized spacial score (nSPS) is 16.9. The van der Waals surface area contributed by atoms with E-state index in [0.717, 1.165) is 16.4 Å². The molecule has 1 fully saturated rings. The largest absolute Gasteiger partial charge is 0.481 e. The van der Waals surface area contributed by atoms with E-state index in [9.17, 15) is 14.7 Å². The summed E-state index contributed by atoms with van der Waals surface area (Å²) in [5, 5.41) is 12.7. The molecule has 0 unspecified atom stereocenters. The van der Waals surface area contributed by atoms with Crippen molar-refractivity contribution in [3.8, 4) is 0 Å². The van der Waals surface area contributed by atoms with Crippen molar-refractivity contribution in [2.75, 3.05) is 5.32 Å². The molecule has 20 heavy (non-hydrogen) atoms. The van der Waals surface area contributed by atoms with Crippen molar-refractivity contribution in [3.05, 3.63) is 26.8 Å². The average molecular weight is 408 g/mol. The lowest BCUT2D eigenvalue weighted by molar-refractivity contribution is -0.150. The minimum absolute atomic E-state index is 0.0288. The minimum Gasteiger partial charge on any atom is -0.481 e. The van der Waals surface area contributed by atoms with Crippen molar-refractivity contribution in [2.24, 2.45) is 5.41 Å². The first-order valence-electron chi connectivity index (χ1n) is 6.41. The minimum atomic E-state index is -0.887. The maximum absolute atomic E-state index is 12.1. The summed E-state index contributed by atoms with van der Waals surface area (Å²) in [6.45, 7) is 0. The van der Waals surface area contributed by atoms with Gasteiger partial charge in [0.05, 0.1) is 11.1 Å². The fourth-order valence-electron chi connectivity index (χ4n) is 2.61. The molecule has 1 aromatic rings. The lowest BCUT2D eigenvalue weighted by atomic mass is 9.82. The van der Waals surface area contributed by atoms with E-state index < -0.39 is 11.4 Å². The van der Waals surface area contributed by atoms with Crippen LogP contribution in [0.4, 0.5) is 5.69 Å². The molecule has 0 aliphatic heterocycles. The van der Waals surface area contributed by atoms with E-state index in [1.807, 2.05) is 0 Å². The maximum atomic E-state index is 12.1. The quantitative estimate of drug-likeness (QED) is 0.744. The smallest absolute Gasteiger partial charge is 0.310 e. The zero-order valence-electron chi connectivity index (χ0n) is 10.8. The van der Waals surface area contributed by atoms with Gasteiger partial charge in [0.15, 0.2) is 0 Å². The van der Waals surface area contributed by atoms with Gasteiger partial charge >= 0.3 is 5.97 Å². The number of aliphatic carboxylic acids is 1. The molecule has 1 aromatic carbocycles. The number of carboxylic acid groups (broad SMARTS) is 1. The number of halogens is 2. The lowest BCUT2D eigenvalue weighted by Crippen LogP contribution is -2.32. The van der Waals surface area contributed by atoms with Crippen LogP contribution in [0.1, 0.15) is 32.1 Å². The Kier molecular flexibility index (Phi) is 4.90. The summed E-state index contributed by atoms with van der Waals surface area (Å²) in [6.07, 6.45) is 2.93. The van der Waals surface area contributed by atoms with E-state index in [1.54, 1.807) is 18.2 Å². The predicted molar refractivity (Wildman–Crippen MR) is 86.0 cm³/mol. The summed E-state index contributed by atoms with van der Waals surface area (Å²) in [5.74, 6) is -1.12. The fourth-order valence-corrected chi connectivity index (χ4v) is 3.62. The van der Waals surface area contributed by atoms with E-state index in [0.29, 0.717) is 23.6 Å². The number of hydrogen-bond acceptors (Lipinski definition) is 2. The number of carboxylic acids is 1. The molecule has 1 aliphatic carbocycles. The van der Waals surface area contributed by atoms with Crippen molar-refractivity contribution in [2.45, 2.75) is 32.1 Å². The second-order valence-corrected chi connectivity index (χ2v) is 6.74. The number of benzene rings is 1. The molecule has 0 aromatic heterocycles. The van der Waals surface area contributed by atoms with Gasteiger partial charge in [-0.1, -0.05) is 24.4 Å². The molecule has 1 amide bonds. The van der Waals surface area contributed by atoms with Gasteiger partial charge in [0.2, 0.25) is 5.91 Å². The molecule has 108 valence electrons. The van der Waals surface area contributed by atoms with Crippen LogP contribution in [0.3, 0.4) is 0 Å². The molecule has 0 radical (unpaired) electrons. The Hall–Kier alpha value is -0.820. The van der Waals surface area contributed by atoms with E-state index in [-0.39, 0.29) is 12.3 Å². The number of amides is 1. The number of carbonyl (C=O) groups is 2. The molecule has 0 heterocycles. The van der Waals surface area contributed by atoms with Crippen molar-refractivity contribution in [3.63, 3.8) is 0 Å². The van der Waals surface area contributed by atoms with Gasteiger partial charge in [0.1, 0.15) is 0 Å². The van der Waals surface area contributed by atoms with Gasteiger partial charge in [-0.2, -0.15) is 0 Å². The zero-order valence-corrected chi connectivity index (χ0v) is 13.7. The summed E-state index contributed by atoms with van der Waals surface area (Å²) in [4.78, 5) is 23.5. The predicted octanol–water partition coefficient (Wildman–Crippen LogP) is 3.92. The van der Waals surface area contributed by atoms with Crippen LogP contribution in [0.2, 0.25) is 5.02 Å². The number of nitrogens with one attached hydrogen (secondary N) is 1. The van der Waals surface area contributed by atoms with Gasteiger partial charge in [0, 0.05) is 15.0 Å². The number of hydrogen-bond donors (Lipinski definition) is 2. The third kappa shape index (κ3) is 3.44. The first-order chi connectivity index (χ1) is 9.43. The highest BCUT2D eigenvalue weighted by Crippen LogP contribution is 2.41. The Morgan fingerprint density at radius 3 is 2.55 bits per heavy atom. The van der Waals surface area contributed by atoms with E-state index in [4.69, 9.17) is 11.6 Å². The second-order valence-electron chi connectivity index (χ2n) is 5.14. The van der Waals surface area contributed by atoms with Crippen LogP contribution in [-0.4, -0.2) is 17.0 Å². The molecule has 2 rings (SSSR count). The average Bonchev–Trinajstić information content (AvgIpc) is 2.82. The number of rotatable bonds is 4. The molecule has 2 N–H and O–H groups in total. The summed E-state index contributed by atoms with van der Waals surface area (Å²) in [7, 11) is 0. The monoisotopic (exact) mass is 407 g/mol. The van der Waals surface area contributed by atoms with Crippen LogP contribution in [0.15, 0.2) is 18.2 Å². The SMILES string of the molecule is O=C(CC1(C(=O)O)CCCC1)Nc1ccc(Cl)cc1I. The Balaban J connectivity index is 2.07.